The SMILES string of the molecule is CCN1C(=O)/C(=C/c2ccc(-c3ccccc3F)o2)SC1=S. The maximum Gasteiger partial charge on any atom is 0.266 e. The maximum atomic E-state index is 13.7. The third kappa shape index (κ3) is 2.71. The van der Waals surface area contributed by atoms with E-state index in [-0.39, 0.29) is 11.7 Å². The molecule has 0 saturated carbocycles. The fourth-order valence-electron chi connectivity index (χ4n) is 2.14. The van der Waals surface area contributed by atoms with Crippen molar-refractivity contribution in [2.75, 3.05) is 6.54 Å². The van der Waals surface area contributed by atoms with Gasteiger partial charge in [0.1, 0.15) is 21.7 Å². The minimum absolute atomic E-state index is 0.124. The van der Waals surface area contributed by atoms with Gasteiger partial charge in [0.2, 0.25) is 0 Å². The van der Waals surface area contributed by atoms with Crippen molar-refractivity contribution in [2.24, 2.45) is 0 Å². The lowest BCUT2D eigenvalue weighted by molar-refractivity contribution is -0.121. The van der Waals surface area contributed by atoms with E-state index in [2.05, 4.69) is 0 Å². The van der Waals surface area contributed by atoms with Crippen LogP contribution in [0, 0.1) is 5.82 Å². The largest absolute Gasteiger partial charge is 0.457 e. The van der Waals surface area contributed by atoms with E-state index in [0.717, 1.165) is 0 Å². The highest BCUT2D eigenvalue weighted by Gasteiger charge is 2.30. The Morgan fingerprint density at radius 1 is 1.32 bits per heavy atom. The molecule has 1 aliphatic heterocycles. The summed E-state index contributed by atoms with van der Waals surface area (Å²) in [5.74, 6) is 0.451. The van der Waals surface area contributed by atoms with Gasteiger partial charge in [-0.1, -0.05) is 36.1 Å². The van der Waals surface area contributed by atoms with Gasteiger partial charge in [0.05, 0.1) is 10.5 Å². The van der Waals surface area contributed by atoms with E-state index in [1.54, 1.807) is 36.4 Å². The van der Waals surface area contributed by atoms with Crippen LogP contribution in [0.2, 0.25) is 0 Å². The Morgan fingerprint density at radius 3 is 2.77 bits per heavy atom. The molecule has 0 atom stereocenters. The van der Waals surface area contributed by atoms with E-state index in [1.165, 1.54) is 22.7 Å². The van der Waals surface area contributed by atoms with Gasteiger partial charge in [-0.15, -0.1) is 0 Å². The van der Waals surface area contributed by atoms with Gasteiger partial charge in [-0.25, -0.2) is 4.39 Å². The monoisotopic (exact) mass is 333 g/mol. The molecule has 0 spiro atoms. The summed E-state index contributed by atoms with van der Waals surface area (Å²) in [6.07, 6.45) is 1.64. The summed E-state index contributed by atoms with van der Waals surface area (Å²) in [6, 6.07) is 9.79. The molecule has 2 aromatic rings. The highest BCUT2D eigenvalue weighted by Crippen LogP contribution is 2.33. The Morgan fingerprint density at radius 2 is 2.09 bits per heavy atom. The minimum Gasteiger partial charge on any atom is -0.457 e. The second kappa shape index (κ2) is 6.06. The van der Waals surface area contributed by atoms with Gasteiger partial charge < -0.3 is 4.42 Å². The first-order valence-electron chi connectivity index (χ1n) is 6.70. The molecule has 1 saturated heterocycles. The predicted molar refractivity (Wildman–Crippen MR) is 89.7 cm³/mol. The van der Waals surface area contributed by atoms with Gasteiger partial charge in [0.25, 0.3) is 5.91 Å². The van der Waals surface area contributed by atoms with E-state index < -0.39 is 0 Å². The molecule has 0 unspecified atom stereocenters. The highest BCUT2D eigenvalue weighted by atomic mass is 32.2. The summed E-state index contributed by atoms with van der Waals surface area (Å²) in [6.45, 7) is 2.41. The number of rotatable bonds is 3. The van der Waals surface area contributed by atoms with Crippen molar-refractivity contribution in [3.05, 3.63) is 52.9 Å². The summed E-state index contributed by atoms with van der Waals surface area (Å²) in [7, 11) is 0. The Balaban J connectivity index is 1.90. The molecule has 6 heteroatoms. The molecule has 3 nitrogen and oxygen atoms in total. The van der Waals surface area contributed by atoms with Gasteiger partial charge >= 0.3 is 0 Å². The average Bonchev–Trinajstić information content (AvgIpc) is 3.05. The first kappa shape index (κ1) is 15.0. The molecular formula is C16H12FNO2S2. The maximum absolute atomic E-state index is 13.7. The van der Waals surface area contributed by atoms with E-state index in [4.69, 9.17) is 16.6 Å². The van der Waals surface area contributed by atoms with Crippen molar-refractivity contribution in [3.8, 4) is 11.3 Å². The number of benzene rings is 1. The number of carbonyl (C=O) groups excluding carboxylic acids is 1. The number of hydrogen-bond acceptors (Lipinski definition) is 4. The first-order chi connectivity index (χ1) is 10.6. The van der Waals surface area contributed by atoms with Crippen LogP contribution in [0.1, 0.15) is 12.7 Å². The van der Waals surface area contributed by atoms with Crippen LogP contribution < -0.4 is 0 Å². The molecule has 0 bridgehead atoms. The van der Waals surface area contributed by atoms with E-state index in [9.17, 15) is 9.18 Å². The summed E-state index contributed by atoms with van der Waals surface area (Å²) in [5.41, 5.74) is 0.392. The van der Waals surface area contributed by atoms with Crippen molar-refractivity contribution < 1.29 is 13.6 Å². The zero-order valence-electron chi connectivity index (χ0n) is 11.7. The molecule has 22 heavy (non-hydrogen) atoms. The molecule has 0 N–H and O–H groups in total. The Labute approximate surface area is 136 Å². The molecule has 1 amide bonds. The number of thioether (sulfide) groups is 1. The quantitative estimate of drug-likeness (QED) is 0.619. The standard InChI is InChI=1S/C16H12FNO2S2/c1-2-18-15(19)14(22-16(18)21)9-10-7-8-13(20-10)11-5-3-4-6-12(11)17/h3-9H,2H2,1H3/b14-9-. The van der Waals surface area contributed by atoms with Crippen LogP contribution >= 0.6 is 24.0 Å². The lowest BCUT2D eigenvalue weighted by Gasteiger charge is -2.09. The Bertz CT molecular complexity index is 782. The number of carbonyl (C=O) groups is 1. The molecule has 1 fully saturated rings. The van der Waals surface area contributed by atoms with Crippen LogP contribution in [0.15, 0.2) is 45.7 Å². The van der Waals surface area contributed by atoms with Crippen LogP contribution in [0.3, 0.4) is 0 Å². The zero-order chi connectivity index (χ0) is 15.7. The molecule has 2 heterocycles. The lowest BCUT2D eigenvalue weighted by atomic mass is 10.1. The lowest BCUT2D eigenvalue weighted by Crippen LogP contribution is -2.27. The summed E-state index contributed by atoms with van der Waals surface area (Å²) >= 11 is 6.40. The summed E-state index contributed by atoms with van der Waals surface area (Å²) in [5, 5.41) is 0. The second-order valence-electron chi connectivity index (χ2n) is 4.61. The van der Waals surface area contributed by atoms with E-state index in [0.29, 0.717) is 32.9 Å². The minimum atomic E-state index is -0.347. The molecule has 1 aromatic heterocycles. The Kier molecular flexibility index (Phi) is 4.13. The smallest absolute Gasteiger partial charge is 0.266 e. The second-order valence-corrected chi connectivity index (χ2v) is 6.28. The molecule has 0 aliphatic carbocycles. The number of nitrogens with zero attached hydrogens (tertiary/aromatic N) is 1. The van der Waals surface area contributed by atoms with Crippen molar-refractivity contribution in [3.63, 3.8) is 0 Å². The number of amides is 1. The van der Waals surface area contributed by atoms with Gasteiger partial charge in [0, 0.05) is 12.6 Å². The number of furan rings is 1. The van der Waals surface area contributed by atoms with Crippen LogP contribution in [0.5, 0.6) is 0 Å². The molecule has 112 valence electrons. The average molecular weight is 333 g/mol. The van der Waals surface area contributed by atoms with Crippen molar-refractivity contribution >= 4 is 40.3 Å². The highest BCUT2D eigenvalue weighted by molar-refractivity contribution is 8.26. The third-order valence-electron chi connectivity index (χ3n) is 3.23. The van der Waals surface area contributed by atoms with Gasteiger partial charge in [-0.3, -0.25) is 9.69 Å². The fourth-order valence-corrected chi connectivity index (χ4v) is 3.50. The molecule has 1 aliphatic rings. The van der Waals surface area contributed by atoms with E-state index >= 15 is 0 Å². The van der Waals surface area contributed by atoms with Crippen LogP contribution in [-0.2, 0) is 4.79 Å². The molecule has 0 radical (unpaired) electrons. The van der Waals surface area contributed by atoms with Crippen molar-refractivity contribution in [2.45, 2.75) is 6.92 Å². The summed E-state index contributed by atoms with van der Waals surface area (Å²) < 4.78 is 19.9. The van der Waals surface area contributed by atoms with Crippen LogP contribution in [0.4, 0.5) is 4.39 Å². The number of hydrogen-bond donors (Lipinski definition) is 0. The normalized spacial score (nSPS) is 16.8. The van der Waals surface area contributed by atoms with E-state index in [1.807, 2.05) is 6.92 Å². The van der Waals surface area contributed by atoms with Crippen molar-refractivity contribution in [1.29, 1.82) is 0 Å². The van der Waals surface area contributed by atoms with Gasteiger partial charge in [0.15, 0.2) is 0 Å². The topological polar surface area (TPSA) is 33.5 Å². The fraction of sp³-hybridized carbons (Fsp3) is 0.125. The Hall–Kier alpha value is -1.92. The first-order valence-corrected chi connectivity index (χ1v) is 7.92. The van der Waals surface area contributed by atoms with Crippen LogP contribution in [0.25, 0.3) is 17.4 Å². The van der Waals surface area contributed by atoms with Crippen molar-refractivity contribution in [1.82, 2.24) is 4.90 Å². The molecular weight excluding hydrogens is 321 g/mol. The third-order valence-corrected chi connectivity index (χ3v) is 4.61. The summed E-state index contributed by atoms with van der Waals surface area (Å²) in [4.78, 5) is 14.2. The van der Waals surface area contributed by atoms with Gasteiger partial charge in [-0.2, -0.15) is 0 Å². The molecule has 1 aromatic carbocycles. The number of likely N-dealkylation sites (N-methyl/N-ethyl adjacent to an activating group) is 1. The number of thiocarbonyl (C=S) groups is 1. The number of halogens is 1. The predicted octanol–water partition coefficient (Wildman–Crippen LogP) is 4.31. The van der Waals surface area contributed by atoms with Gasteiger partial charge in [-0.05, 0) is 31.2 Å². The van der Waals surface area contributed by atoms with Crippen LogP contribution in [-0.4, -0.2) is 21.7 Å². The zero-order valence-corrected chi connectivity index (χ0v) is 13.3. The molecule has 3 rings (SSSR count).